The molecule has 1 unspecified atom stereocenters. The number of aliphatic hydroxyl groups is 1. The molecule has 0 heterocycles. The van der Waals surface area contributed by atoms with Gasteiger partial charge in [0.05, 0.1) is 0 Å². The zero-order chi connectivity index (χ0) is 9.23. The predicted molar refractivity (Wildman–Crippen MR) is 54.8 cm³/mol. The lowest BCUT2D eigenvalue weighted by atomic mass is 10.1. The molecule has 1 atom stereocenters. The van der Waals surface area contributed by atoms with Crippen LogP contribution in [0.25, 0.3) is 0 Å². The van der Waals surface area contributed by atoms with E-state index in [1.54, 1.807) is 0 Å². The molecule has 0 aromatic rings. The maximum atomic E-state index is 8.71. The number of hydrogen-bond acceptors (Lipinski definition) is 3. The minimum absolute atomic E-state index is 0.264. The first-order valence-corrected chi connectivity index (χ1v) is 5.24. The Morgan fingerprint density at radius 3 is 2.67 bits per heavy atom. The first-order chi connectivity index (χ1) is 5.81. The molecule has 1 N–H and O–H groups in total. The molecule has 0 saturated carbocycles. The predicted octanol–water partition coefficient (Wildman–Crippen LogP) is 1.73. The normalized spacial score (nSPS) is 13.2. The van der Waals surface area contributed by atoms with Gasteiger partial charge in [0.2, 0.25) is 0 Å². The van der Waals surface area contributed by atoms with E-state index < -0.39 is 0 Å². The van der Waals surface area contributed by atoms with Gasteiger partial charge in [-0.15, -0.1) is 0 Å². The largest absolute Gasteiger partial charge is 0.396 e. The van der Waals surface area contributed by atoms with Crippen LogP contribution in [0.2, 0.25) is 0 Å². The fourth-order valence-corrected chi connectivity index (χ4v) is 1.02. The molecular formula is C9H20O2S. The molecule has 0 aliphatic carbocycles. The molecule has 0 fully saturated rings. The Balaban J connectivity index is 2.90. The standard InChI is InChI=1S/C9H20O2S/c1-9(8-10)4-6-11-5-2-3-7-12/h9-10,12H,2-8H2,1H3. The zero-order valence-corrected chi connectivity index (χ0v) is 8.72. The van der Waals surface area contributed by atoms with Crippen LogP contribution in [0.4, 0.5) is 0 Å². The highest BCUT2D eigenvalue weighted by molar-refractivity contribution is 7.80. The maximum absolute atomic E-state index is 8.71. The van der Waals surface area contributed by atoms with E-state index in [-0.39, 0.29) is 6.61 Å². The summed E-state index contributed by atoms with van der Waals surface area (Å²) in [4.78, 5) is 0. The van der Waals surface area contributed by atoms with Gasteiger partial charge in [0.1, 0.15) is 0 Å². The monoisotopic (exact) mass is 192 g/mol. The SMILES string of the molecule is CC(CO)CCOCCCCS. The van der Waals surface area contributed by atoms with E-state index in [0.717, 1.165) is 38.2 Å². The van der Waals surface area contributed by atoms with Crippen LogP contribution < -0.4 is 0 Å². The van der Waals surface area contributed by atoms with E-state index in [4.69, 9.17) is 9.84 Å². The summed E-state index contributed by atoms with van der Waals surface area (Å²) in [5.74, 6) is 1.31. The van der Waals surface area contributed by atoms with Gasteiger partial charge in [-0.25, -0.2) is 0 Å². The maximum Gasteiger partial charge on any atom is 0.0469 e. The smallest absolute Gasteiger partial charge is 0.0469 e. The minimum atomic E-state index is 0.264. The van der Waals surface area contributed by atoms with Crippen molar-refractivity contribution in [2.24, 2.45) is 5.92 Å². The van der Waals surface area contributed by atoms with Crippen LogP contribution >= 0.6 is 12.6 Å². The molecule has 74 valence electrons. The average Bonchev–Trinajstić information content (AvgIpc) is 2.10. The lowest BCUT2D eigenvalue weighted by molar-refractivity contribution is 0.108. The fraction of sp³-hybridized carbons (Fsp3) is 1.00. The van der Waals surface area contributed by atoms with Gasteiger partial charge in [0, 0.05) is 19.8 Å². The van der Waals surface area contributed by atoms with Gasteiger partial charge in [-0.1, -0.05) is 6.92 Å². The van der Waals surface area contributed by atoms with Crippen molar-refractivity contribution >= 4 is 12.6 Å². The summed E-state index contributed by atoms with van der Waals surface area (Å²) in [6, 6.07) is 0. The van der Waals surface area contributed by atoms with Crippen LogP contribution in [-0.4, -0.2) is 30.7 Å². The second kappa shape index (κ2) is 9.36. The molecule has 0 saturated heterocycles. The van der Waals surface area contributed by atoms with Crippen molar-refractivity contribution in [1.29, 1.82) is 0 Å². The minimum Gasteiger partial charge on any atom is -0.396 e. The van der Waals surface area contributed by atoms with Crippen LogP contribution in [0.1, 0.15) is 26.2 Å². The van der Waals surface area contributed by atoms with Gasteiger partial charge in [-0.05, 0) is 30.9 Å². The van der Waals surface area contributed by atoms with Gasteiger partial charge in [0.15, 0.2) is 0 Å². The molecular weight excluding hydrogens is 172 g/mol. The van der Waals surface area contributed by atoms with Crippen molar-refractivity contribution in [3.05, 3.63) is 0 Å². The van der Waals surface area contributed by atoms with E-state index in [1.165, 1.54) is 0 Å². The third-order valence-corrected chi connectivity index (χ3v) is 2.08. The van der Waals surface area contributed by atoms with E-state index in [1.807, 2.05) is 6.92 Å². The van der Waals surface area contributed by atoms with Gasteiger partial charge in [0.25, 0.3) is 0 Å². The molecule has 0 aliphatic rings. The highest BCUT2D eigenvalue weighted by atomic mass is 32.1. The van der Waals surface area contributed by atoms with Gasteiger partial charge in [-0.3, -0.25) is 0 Å². The Labute approximate surface area is 80.7 Å². The van der Waals surface area contributed by atoms with Gasteiger partial charge >= 0.3 is 0 Å². The van der Waals surface area contributed by atoms with E-state index >= 15 is 0 Å². The van der Waals surface area contributed by atoms with Crippen LogP contribution in [0.15, 0.2) is 0 Å². The summed E-state index contributed by atoms with van der Waals surface area (Å²) in [6.07, 6.45) is 3.17. The number of hydrogen-bond donors (Lipinski definition) is 2. The lowest BCUT2D eigenvalue weighted by Crippen LogP contribution is -2.06. The van der Waals surface area contributed by atoms with Gasteiger partial charge in [-0.2, -0.15) is 12.6 Å². The third kappa shape index (κ3) is 8.37. The summed E-state index contributed by atoms with van der Waals surface area (Å²) in [6.45, 7) is 3.89. The highest BCUT2D eigenvalue weighted by Gasteiger charge is 1.98. The Hall–Kier alpha value is 0.270. The van der Waals surface area contributed by atoms with E-state index in [9.17, 15) is 0 Å². The van der Waals surface area contributed by atoms with Crippen LogP contribution in [0.3, 0.4) is 0 Å². The lowest BCUT2D eigenvalue weighted by Gasteiger charge is -2.07. The molecule has 12 heavy (non-hydrogen) atoms. The van der Waals surface area contributed by atoms with Crippen molar-refractivity contribution < 1.29 is 9.84 Å². The van der Waals surface area contributed by atoms with Crippen molar-refractivity contribution in [1.82, 2.24) is 0 Å². The second-order valence-corrected chi connectivity index (χ2v) is 3.57. The Kier molecular flexibility index (Phi) is 9.57. The Bertz CT molecular complexity index is 88.6. The molecule has 0 aliphatic heterocycles. The van der Waals surface area contributed by atoms with Crippen LogP contribution in [0.5, 0.6) is 0 Å². The molecule has 3 heteroatoms. The molecule has 0 aromatic heterocycles. The first-order valence-electron chi connectivity index (χ1n) is 4.60. The average molecular weight is 192 g/mol. The number of rotatable bonds is 8. The van der Waals surface area contributed by atoms with Crippen molar-refractivity contribution in [3.63, 3.8) is 0 Å². The van der Waals surface area contributed by atoms with Crippen molar-refractivity contribution in [2.45, 2.75) is 26.2 Å². The Morgan fingerprint density at radius 1 is 1.33 bits per heavy atom. The number of aliphatic hydroxyl groups excluding tert-OH is 1. The van der Waals surface area contributed by atoms with Crippen LogP contribution in [-0.2, 0) is 4.74 Å². The number of ether oxygens (including phenoxy) is 1. The quantitative estimate of drug-likeness (QED) is 0.453. The summed E-state index contributed by atoms with van der Waals surface area (Å²) >= 11 is 4.10. The molecule has 0 spiro atoms. The van der Waals surface area contributed by atoms with Crippen LogP contribution in [0, 0.1) is 5.92 Å². The second-order valence-electron chi connectivity index (χ2n) is 3.12. The van der Waals surface area contributed by atoms with E-state index in [0.29, 0.717) is 5.92 Å². The summed E-state index contributed by atoms with van der Waals surface area (Å²) < 4.78 is 5.36. The third-order valence-electron chi connectivity index (χ3n) is 1.76. The number of thiol groups is 1. The molecule has 2 nitrogen and oxygen atoms in total. The van der Waals surface area contributed by atoms with Crippen molar-refractivity contribution in [2.75, 3.05) is 25.6 Å². The zero-order valence-electron chi connectivity index (χ0n) is 7.83. The van der Waals surface area contributed by atoms with Crippen molar-refractivity contribution in [3.8, 4) is 0 Å². The molecule has 0 amide bonds. The first kappa shape index (κ1) is 12.3. The fourth-order valence-electron chi connectivity index (χ4n) is 0.794. The molecule has 0 rings (SSSR count). The summed E-state index contributed by atoms with van der Waals surface area (Å²) in [7, 11) is 0. The molecule has 0 aromatic carbocycles. The van der Waals surface area contributed by atoms with Gasteiger partial charge < -0.3 is 9.84 Å². The topological polar surface area (TPSA) is 29.5 Å². The Morgan fingerprint density at radius 2 is 2.08 bits per heavy atom. The number of unbranched alkanes of at least 4 members (excludes halogenated alkanes) is 1. The summed E-state index contributed by atoms with van der Waals surface area (Å²) in [5, 5.41) is 8.71. The highest BCUT2D eigenvalue weighted by Crippen LogP contribution is 2.00. The van der Waals surface area contributed by atoms with E-state index in [2.05, 4.69) is 12.6 Å². The molecule has 0 radical (unpaired) electrons. The molecule has 0 bridgehead atoms. The summed E-state index contributed by atoms with van der Waals surface area (Å²) in [5.41, 5.74) is 0.